The highest BCUT2D eigenvalue weighted by Gasteiger charge is 2.12. The molecule has 0 amide bonds. The van der Waals surface area contributed by atoms with Gasteiger partial charge in [-0.15, -0.1) is 10.2 Å². The smallest absolute Gasteiger partial charge is 0.311 e. The van der Waals surface area contributed by atoms with Gasteiger partial charge in [-0.3, -0.25) is 4.79 Å². The van der Waals surface area contributed by atoms with Gasteiger partial charge in [-0.25, -0.2) is 0 Å². The average Bonchev–Trinajstić information content (AvgIpc) is 3.10. The second-order valence-corrected chi connectivity index (χ2v) is 5.84. The molecule has 0 radical (unpaired) electrons. The summed E-state index contributed by atoms with van der Waals surface area (Å²) in [7, 11) is 0. The Hall–Kier alpha value is -2.95. The number of carbonyl (C=O) groups excluding carboxylic acids is 1. The summed E-state index contributed by atoms with van der Waals surface area (Å²) in [5, 5.41) is 8.02. The van der Waals surface area contributed by atoms with Crippen molar-refractivity contribution < 1.29 is 13.9 Å². The number of rotatable bonds is 6. The van der Waals surface area contributed by atoms with Crippen molar-refractivity contribution in [2.24, 2.45) is 0 Å². The average molecular weight is 336 g/mol. The second kappa shape index (κ2) is 7.75. The first-order valence-electron chi connectivity index (χ1n) is 8.33. The molecule has 0 saturated heterocycles. The van der Waals surface area contributed by atoms with Gasteiger partial charge in [0.05, 0.1) is 6.42 Å². The zero-order valence-electron chi connectivity index (χ0n) is 14.4. The van der Waals surface area contributed by atoms with Crippen molar-refractivity contribution in [3.63, 3.8) is 0 Å². The third-order valence-corrected chi connectivity index (χ3v) is 3.87. The van der Waals surface area contributed by atoms with Crippen LogP contribution in [-0.4, -0.2) is 16.2 Å². The van der Waals surface area contributed by atoms with Crippen molar-refractivity contribution in [3.05, 3.63) is 65.5 Å². The summed E-state index contributed by atoms with van der Waals surface area (Å²) in [6.07, 6.45) is 1.49. The minimum absolute atomic E-state index is 0.186. The molecule has 128 valence electrons. The lowest BCUT2D eigenvalue weighted by molar-refractivity contribution is -0.134. The molecule has 5 nitrogen and oxygen atoms in total. The van der Waals surface area contributed by atoms with Crippen LogP contribution in [0, 0.1) is 6.92 Å². The number of esters is 1. The van der Waals surface area contributed by atoms with Gasteiger partial charge in [-0.1, -0.05) is 36.8 Å². The number of hydrogen-bond acceptors (Lipinski definition) is 5. The van der Waals surface area contributed by atoms with Gasteiger partial charge in [0, 0.05) is 12.0 Å². The van der Waals surface area contributed by atoms with E-state index < -0.39 is 0 Å². The van der Waals surface area contributed by atoms with Crippen LogP contribution in [0.5, 0.6) is 5.75 Å². The minimum atomic E-state index is -0.320. The van der Waals surface area contributed by atoms with Crippen LogP contribution in [0.2, 0.25) is 0 Å². The van der Waals surface area contributed by atoms with Crippen molar-refractivity contribution in [2.45, 2.75) is 33.1 Å². The largest absolute Gasteiger partial charge is 0.427 e. The molecule has 0 fully saturated rings. The van der Waals surface area contributed by atoms with E-state index in [1.54, 1.807) is 12.1 Å². The normalized spacial score (nSPS) is 10.6. The fourth-order valence-electron chi connectivity index (χ4n) is 2.35. The maximum absolute atomic E-state index is 11.9. The van der Waals surface area contributed by atoms with E-state index in [0.29, 0.717) is 24.0 Å². The number of aryl methyl sites for hydroxylation is 3. The summed E-state index contributed by atoms with van der Waals surface area (Å²) in [6, 6.07) is 15.4. The molecule has 3 rings (SSSR count). The molecular formula is C20H20N2O3. The van der Waals surface area contributed by atoms with Gasteiger partial charge < -0.3 is 9.15 Å². The van der Waals surface area contributed by atoms with Gasteiger partial charge in [0.25, 0.3) is 0 Å². The predicted molar refractivity (Wildman–Crippen MR) is 94.2 cm³/mol. The zero-order valence-corrected chi connectivity index (χ0v) is 14.4. The molecule has 5 heteroatoms. The standard InChI is InChI=1S/C20H20N2O3/c1-3-15-6-10-17(11-7-15)24-19(23)13-12-18-21-22-20(25-18)16-8-4-14(2)5-9-16/h4-11H,3,12-13H2,1-2H3. The van der Waals surface area contributed by atoms with Crippen LogP contribution < -0.4 is 4.74 Å². The van der Waals surface area contributed by atoms with Crippen molar-refractivity contribution in [1.29, 1.82) is 0 Å². The van der Waals surface area contributed by atoms with Crippen LogP contribution in [0.25, 0.3) is 11.5 Å². The number of carbonyl (C=O) groups is 1. The van der Waals surface area contributed by atoms with Crippen LogP contribution in [0.1, 0.15) is 30.4 Å². The minimum Gasteiger partial charge on any atom is -0.427 e. The van der Waals surface area contributed by atoms with Crippen LogP contribution in [0.4, 0.5) is 0 Å². The van der Waals surface area contributed by atoms with E-state index in [2.05, 4.69) is 17.1 Å². The van der Waals surface area contributed by atoms with Crippen LogP contribution >= 0.6 is 0 Å². The third-order valence-electron chi connectivity index (χ3n) is 3.87. The van der Waals surface area contributed by atoms with Crippen molar-refractivity contribution >= 4 is 5.97 Å². The Bertz CT molecular complexity index is 836. The number of benzene rings is 2. The summed E-state index contributed by atoms with van der Waals surface area (Å²) in [6.45, 7) is 4.10. The van der Waals surface area contributed by atoms with Gasteiger partial charge in [-0.05, 0) is 43.2 Å². The number of nitrogens with zero attached hydrogens (tertiary/aromatic N) is 2. The Morgan fingerprint density at radius 3 is 2.44 bits per heavy atom. The Morgan fingerprint density at radius 2 is 1.76 bits per heavy atom. The molecule has 0 saturated carbocycles. The van der Waals surface area contributed by atoms with Crippen molar-refractivity contribution in [3.8, 4) is 17.2 Å². The lowest BCUT2D eigenvalue weighted by Crippen LogP contribution is -2.09. The van der Waals surface area contributed by atoms with Crippen LogP contribution in [0.15, 0.2) is 52.9 Å². The molecule has 25 heavy (non-hydrogen) atoms. The van der Waals surface area contributed by atoms with Crippen LogP contribution in [0.3, 0.4) is 0 Å². The van der Waals surface area contributed by atoms with E-state index in [1.165, 1.54) is 11.1 Å². The Morgan fingerprint density at radius 1 is 1.04 bits per heavy atom. The summed E-state index contributed by atoms with van der Waals surface area (Å²) < 4.78 is 10.9. The monoisotopic (exact) mass is 336 g/mol. The first-order chi connectivity index (χ1) is 12.1. The summed E-state index contributed by atoms with van der Waals surface area (Å²) in [4.78, 5) is 11.9. The zero-order chi connectivity index (χ0) is 17.6. The van der Waals surface area contributed by atoms with Crippen molar-refractivity contribution in [1.82, 2.24) is 10.2 Å². The van der Waals surface area contributed by atoms with E-state index in [1.807, 2.05) is 43.3 Å². The number of aromatic nitrogens is 2. The Balaban J connectivity index is 1.54. The highest BCUT2D eigenvalue weighted by molar-refractivity contribution is 5.72. The molecule has 1 aromatic heterocycles. The van der Waals surface area contributed by atoms with E-state index in [-0.39, 0.29) is 12.4 Å². The molecule has 2 aromatic carbocycles. The second-order valence-electron chi connectivity index (χ2n) is 5.84. The van der Waals surface area contributed by atoms with Gasteiger partial charge in [0.15, 0.2) is 0 Å². The van der Waals surface area contributed by atoms with Crippen molar-refractivity contribution in [2.75, 3.05) is 0 Å². The van der Waals surface area contributed by atoms with E-state index in [4.69, 9.17) is 9.15 Å². The van der Waals surface area contributed by atoms with Gasteiger partial charge in [0.2, 0.25) is 11.8 Å². The Labute approximate surface area is 146 Å². The summed E-state index contributed by atoms with van der Waals surface area (Å²) >= 11 is 0. The molecule has 0 spiro atoms. The van der Waals surface area contributed by atoms with Crippen LogP contribution in [-0.2, 0) is 17.6 Å². The number of hydrogen-bond donors (Lipinski definition) is 0. The lowest BCUT2D eigenvalue weighted by atomic mass is 10.1. The first-order valence-corrected chi connectivity index (χ1v) is 8.33. The van der Waals surface area contributed by atoms with Gasteiger partial charge >= 0.3 is 5.97 Å². The molecule has 3 aromatic rings. The van der Waals surface area contributed by atoms with E-state index >= 15 is 0 Å². The predicted octanol–water partition coefficient (Wildman–Crippen LogP) is 4.15. The topological polar surface area (TPSA) is 65.2 Å². The highest BCUT2D eigenvalue weighted by atomic mass is 16.5. The van der Waals surface area contributed by atoms with E-state index in [9.17, 15) is 4.79 Å². The Kier molecular flexibility index (Phi) is 5.23. The fraction of sp³-hybridized carbons (Fsp3) is 0.250. The molecule has 0 aliphatic heterocycles. The SMILES string of the molecule is CCc1ccc(OC(=O)CCc2nnc(-c3ccc(C)cc3)o2)cc1. The molecule has 0 atom stereocenters. The third kappa shape index (κ3) is 4.53. The summed E-state index contributed by atoms with van der Waals surface area (Å²) in [5.41, 5.74) is 3.23. The first kappa shape index (κ1) is 16.9. The van der Waals surface area contributed by atoms with E-state index in [0.717, 1.165) is 12.0 Å². The lowest BCUT2D eigenvalue weighted by Gasteiger charge is -2.04. The molecule has 1 heterocycles. The van der Waals surface area contributed by atoms with Gasteiger partial charge in [0.1, 0.15) is 5.75 Å². The molecule has 0 aliphatic carbocycles. The molecule has 0 unspecified atom stereocenters. The molecular weight excluding hydrogens is 316 g/mol. The summed E-state index contributed by atoms with van der Waals surface area (Å²) in [5.74, 6) is 1.11. The highest BCUT2D eigenvalue weighted by Crippen LogP contribution is 2.19. The van der Waals surface area contributed by atoms with Gasteiger partial charge in [-0.2, -0.15) is 0 Å². The maximum atomic E-state index is 11.9. The molecule has 0 bridgehead atoms. The molecule has 0 N–H and O–H groups in total. The number of ether oxygens (including phenoxy) is 1. The quantitative estimate of drug-likeness (QED) is 0.500. The molecule has 0 aliphatic rings. The maximum Gasteiger partial charge on any atom is 0.311 e. The fourth-order valence-corrected chi connectivity index (χ4v) is 2.35.